The smallest absolute Gasteiger partial charge is 0.292 e. The third-order valence-electron chi connectivity index (χ3n) is 3.96. The Hall–Kier alpha value is -3.49. The SMILES string of the molecule is CCCCCCNC(=O)c1ccc(C(=O)NNC(=O)c2nccnc2N)cc1. The van der Waals surface area contributed by atoms with Crippen LogP contribution in [0.2, 0.25) is 0 Å². The highest BCUT2D eigenvalue weighted by Crippen LogP contribution is 2.06. The fourth-order valence-electron chi connectivity index (χ4n) is 2.40. The molecule has 9 nitrogen and oxygen atoms in total. The minimum atomic E-state index is -0.682. The number of nitrogens with two attached hydrogens (primary N) is 1. The lowest BCUT2D eigenvalue weighted by atomic mass is 10.1. The molecule has 1 aromatic carbocycles. The van der Waals surface area contributed by atoms with E-state index in [1.165, 1.54) is 24.5 Å². The van der Waals surface area contributed by atoms with Gasteiger partial charge in [0.1, 0.15) is 0 Å². The summed E-state index contributed by atoms with van der Waals surface area (Å²) in [7, 11) is 0. The molecule has 0 saturated heterocycles. The van der Waals surface area contributed by atoms with Gasteiger partial charge in [-0.1, -0.05) is 26.2 Å². The summed E-state index contributed by atoms with van der Waals surface area (Å²) in [5.41, 5.74) is 10.7. The second-order valence-electron chi connectivity index (χ2n) is 6.09. The Labute approximate surface area is 163 Å². The predicted octanol–water partition coefficient (Wildman–Crippen LogP) is 1.44. The van der Waals surface area contributed by atoms with E-state index in [-0.39, 0.29) is 23.0 Å². The lowest BCUT2D eigenvalue weighted by Crippen LogP contribution is -2.42. The number of amides is 3. The first kappa shape index (κ1) is 20.8. The third-order valence-corrected chi connectivity index (χ3v) is 3.96. The van der Waals surface area contributed by atoms with Gasteiger partial charge in [0.15, 0.2) is 11.5 Å². The average molecular weight is 384 g/mol. The molecule has 0 bridgehead atoms. The summed E-state index contributed by atoms with van der Waals surface area (Å²) in [5, 5.41) is 2.85. The number of nitrogen functional groups attached to an aromatic ring is 1. The quantitative estimate of drug-likeness (QED) is 0.401. The van der Waals surface area contributed by atoms with Crippen LogP contribution in [0.25, 0.3) is 0 Å². The van der Waals surface area contributed by atoms with Gasteiger partial charge in [-0.2, -0.15) is 0 Å². The first-order valence-electron chi connectivity index (χ1n) is 9.08. The van der Waals surface area contributed by atoms with E-state index in [1.807, 2.05) is 0 Å². The zero-order valence-corrected chi connectivity index (χ0v) is 15.7. The number of hydrogen-bond acceptors (Lipinski definition) is 6. The van der Waals surface area contributed by atoms with Crippen LogP contribution in [-0.2, 0) is 0 Å². The highest BCUT2D eigenvalue weighted by Gasteiger charge is 2.14. The molecule has 1 aromatic heterocycles. The van der Waals surface area contributed by atoms with Crippen LogP contribution in [0.15, 0.2) is 36.7 Å². The number of nitrogens with zero attached hydrogens (tertiary/aromatic N) is 2. The van der Waals surface area contributed by atoms with Gasteiger partial charge in [0.2, 0.25) is 0 Å². The van der Waals surface area contributed by atoms with Crippen molar-refractivity contribution in [2.45, 2.75) is 32.6 Å². The largest absolute Gasteiger partial charge is 0.382 e. The van der Waals surface area contributed by atoms with Gasteiger partial charge < -0.3 is 11.1 Å². The molecule has 0 fully saturated rings. The third kappa shape index (κ3) is 6.04. The van der Waals surface area contributed by atoms with Crippen molar-refractivity contribution in [1.82, 2.24) is 26.1 Å². The molecule has 0 radical (unpaired) electrons. The molecule has 0 aliphatic carbocycles. The Morgan fingerprint density at radius 2 is 1.46 bits per heavy atom. The van der Waals surface area contributed by atoms with Crippen molar-refractivity contribution >= 4 is 23.5 Å². The van der Waals surface area contributed by atoms with Gasteiger partial charge in [0, 0.05) is 30.1 Å². The van der Waals surface area contributed by atoms with Gasteiger partial charge in [0.25, 0.3) is 17.7 Å². The van der Waals surface area contributed by atoms with Gasteiger partial charge in [-0.3, -0.25) is 25.2 Å². The maximum absolute atomic E-state index is 12.1. The van der Waals surface area contributed by atoms with E-state index in [1.54, 1.807) is 12.1 Å². The molecule has 28 heavy (non-hydrogen) atoms. The Bertz CT molecular complexity index is 823. The summed E-state index contributed by atoms with van der Waals surface area (Å²) in [5.74, 6) is -1.45. The lowest BCUT2D eigenvalue weighted by Gasteiger charge is -2.09. The average Bonchev–Trinajstić information content (AvgIpc) is 2.72. The van der Waals surface area contributed by atoms with Gasteiger partial charge in [-0.25, -0.2) is 9.97 Å². The van der Waals surface area contributed by atoms with Crippen molar-refractivity contribution in [1.29, 1.82) is 0 Å². The number of nitrogens with one attached hydrogen (secondary N) is 3. The Kier molecular flexibility index (Phi) is 7.89. The topological polar surface area (TPSA) is 139 Å². The molecule has 1 heterocycles. The van der Waals surface area contributed by atoms with Crippen molar-refractivity contribution in [3.8, 4) is 0 Å². The van der Waals surface area contributed by atoms with Gasteiger partial charge in [-0.05, 0) is 30.7 Å². The first-order chi connectivity index (χ1) is 13.5. The summed E-state index contributed by atoms with van der Waals surface area (Å²) in [6.45, 7) is 2.76. The number of rotatable bonds is 8. The molecule has 0 aliphatic rings. The number of hydrogen-bond donors (Lipinski definition) is 4. The second-order valence-corrected chi connectivity index (χ2v) is 6.09. The normalized spacial score (nSPS) is 10.2. The van der Waals surface area contributed by atoms with E-state index in [2.05, 4.69) is 33.1 Å². The van der Waals surface area contributed by atoms with E-state index in [9.17, 15) is 14.4 Å². The molecule has 2 rings (SSSR count). The Balaban J connectivity index is 1.83. The van der Waals surface area contributed by atoms with Crippen molar-refractivity contribution < 1.29 is 14.4 Å². The van der Waals surface area contributed by atoms with Gasteiger partial charge in [0.05, 0.1) is 0 Å². The zero-order chi connectivity index (χ0) is 20.4. The number of carbonyl (C=O) groups is 3. The summed E-state index contributed by atoms with van der Waals surface area (Å²) < 4.78 is 0. The van der Waals surface area contributed by atoms with Crippen LogP contribution in [0.5, 0.6) is 0 Å². The minimum absolute atomic E-state index is 0.0423. The van der Waals surface area contributed by atoms with Crippen molar-refractivity contribution in [2.75, 3.05) is 12.3 Å². The maximum atomic E-state index is 12.1. The van der Waals surface area contributed by atoms with Crippen LogP contribution in [0.3, 0.4) is 0 Å². The second kappa shape index (κ2) is 10.6. The Morgan fingerprint density at radius 3 is 2.11 bits per heavy atom. The minimum Gasteiger partial charge on any atom is -0.382 e. The van der Waals surface area contributed by atoms with Gasteiger partial charge >= 0.3 is 0 Å². The zero-order valence-electron chi connectivity index (χ0n) is 15.7. The van der Waals surface area contributed by atoms with E-state index < -0.39 is 11.8 Å². The summed E-state index contributed by atoms with van der Waals surface area (Å²) >= 11 is 0. The van der Waals surface area contributed by atoms with Crippen LogP contribution >= 0.6 is 0 Å². The number of carbonyl (C=O) groups excluding carboxylic acids is 3. The van der Waals surface area contributed by atoms with Crippen LogP contribution in [0.4, 0.5) is 5.82 Å². The molecule has 0 saturated carbocycles. The summed E-state index contributed by atoms with van der Waals surface area (Å²) in [6.07, 6.45) is 7.00. The molecule has 148 valence electrons. The van der Waals surface area contributed by atoms with Crippen molar-refractivity contribution in [3.05, 3.63) is 53.5 Å². The van der Waals surface area contributed by atoms with Crippen molar-refractivity contribution in [2.24, 2.45) is 0 Å². The molecule has 5 N–H and O–H groups in total. The molecule has 9 heteroatoms. The molecule has 2 aromatic rings. The molecular weight excluding hydrogens is 360 g/mol. The molecule has 0 spiro atoms. The van der Waals surface area contributed by atoms with Gasteiger partial charge in [-0.15, -0.1) is 0 Å². The predicted molar refractivity (Wildman–Crippen MR) is 104 cm³/mol. The van der Waals surface area contributed by atoms with Crippen LogP contribution < -0.4 is 21.9 Å². The summed E-state index contributed by atoms with van der Waals surface area (Å²) in [4.78, 5) is 43.7. The lowest BCUT2D eigenvalue weighted by molar-refractivity contribution is 0.0844. The Morgan fingerprint density at radius 1 is 0.857 bits per heavy atom. The molecule has 0 aliphatic heterocycles. The number of aromatic nitrogens is 2. The molecule has 3 amide bonds. The molecule has 0 atom stereocenters. The van der Waals surface area contributed by atoms with E-state index in [4.69, 9.17) is 5.73 Å². The fourth-order valence-corrected chi connectivity index (χ4v) is 2.40. The maximum Gasteiger partial charge on any atom is 0.292 e. The molecule has 0 unspecified atom stereocenters. The van der Waals surface area contributed by atoms with E-state index in [0.29, 0.717) is 12.1 Å². The van der Waals surface area contributed by atoms with Crippen LogP contribution in [0, 0.1) is 0 Å². The number of anilines is 1. The van der Waals surface area contributed by atoms with Crippen LogP contribution in [-0.4, -0.2) is 34.2 Å². The molecular formula is C19H24N6O3. The van der Waals surface area contributed by atoms with E-state index in [0.717, 1.165) is 25.7 Å². The summed E-state index contributed by atoms with van der Waals surface area (Å²) in [6, 6.07) is 6.12. The monoisotopic (exact) mass is 384 g/mol. The first-order valence-corrected chi connectivity index (χ1v) is 9.08. The number of hydrazine groups is 1. The fraction of sp³-hybridized carbons (Fsp3) is 0.316. The number of benzene rings is 1. The highest BCUT2D eigenvalue weighted by molar-refractivity contribution is 6.01. The number of unbranched alkanes of at least 4 members (excludes halogenated alkanes) is 3. The van der Waals surface area contributed by atoms with Crippen molar-refractivity contribution in [3.63, 3.8) is 0 Å². The standard InChI is InChI=1S/C19H24N6O3/c1-2-3-4-5-10-23-17(26)13-6-8-14(9-7-13)18(27)24-25-19(28)15-16(20)22-12-11-21-15/h6-9,11-12H,2-5,10H2,1H3,(H2,20,22)(H,23,26)(H,24,27)(H,25,28). The van der Waals surface area contributed by atoms with E-state index >= 15 is 0 Å². The van der Waals surface area contributed by atoms with Crippen LogP contribution in [0.1, 0.15) is 63.8 Å². The highest BCUT2D eigenvalue weighted by atomic mass is 16.2.